The van der Waals surface area contributed by atoms with Gasteiger partial charge < -0.3 is 14.5 Å². The van der Waals surface area contributed by atoms with Crippen LogP contribution >= 0.6 is 0 Å². The van der Waals surface area contributed by atoms with Crippen molar-refractivity contribution in [2.75, 3.05) is 33.4 Å². The van der Waals surface area contributed by atoms with Gasteiger partial charge in [0.2, 0.25) is 11.8 Å². The Morgan fingerprint density at radius 3 is 2.45 bits per heavy atom. The summed E-state index contributed by atoms with van der Waals surface area (Å²) in [5.41, 5.74) is 2.28. The molecule has 31 heavy (non-hydrogen) atoms. The van der Waals surface area contributed by atoms with Gasteiger partial charge >= 0.3 is 0 Å². The molecule has 5 heteroatoms. The van der Waals surface area contributed by atoms with Crippen molar-refractivity contribution in [2.45, 2.75) is 57.4 Å². The van der Waals surface area contributed by atoms with E-state index in [0.717, 1.165) is 70.0 Å². The molecule has 1 aliphatic carbocycles. The molecule has 5 nitrogen and oxygen atoms in total. The van der Waals surface area contributed by atoms with Crippen LogP contribution in [0, 0.1) is 11.8 Å². The van der Waals surface area contributed by atoms with Crippen molar-refractivity contribution in [2.24, 2.45) is 11.8 Å². The van der Waals surface area contributed by atoms with E-state index in [0.29, 0.717) is 19.1 Å². The van der Waals surface area contributed by atoms with Crippen molar-refractivity contribution in [3.05, 3.63) is 47.5 Å². The molecular formula is C26H36N2O3. The standard InChI is InChI=1S/C26H36N2O3/c1-27(25(29)23-13-17-31-18-14-23)24(19-20-7-3-2-4-8-20)21-11-15-28(16-12-21)26(30)22-9-5-6-10-22/h2-4,7-9,21,23-24H,5-6,10-19H2,1H3/t24-/m0/s1. The van der Waals surface area contributed by atoms with Gasteiger partial charge in [-0.25, -0.2) is 0 Å². The molecule has 2 amide bonds. The summed E-state index contributed by atoms with van der Waals surface area (Å²) in [7, 11) is 1.99. The normalized spacial score (nSPS) is 21.6. The SMILES string of the molecule is CN(C(=O)C1CCOCC1)[C@@H](Cc1ccccc1)C1CCN(C(=O)C2=CCCC2)CC1. The summed E-state index contributed by atoms with van der Waals surface area (Å²) in [5, 5.41) is 0. The molecule has 0 bridgehead atoms. The van der Waals surface area contributed by atoms with Crippen LogP contribution in [-0.4, -0.2) is 61.0 Å². The molecular weight excluding hydrogens is 388 g/mol. The van der Waals surface area contributed by atoms with Crippen LogP contribution in [0.15, 0.2) is 42.0 Å². The molecule has 0 aromatic heterocycles. The smallest absolute Gasteiger partial charge is 0.249 e. The minimum atomic E-state index is 0.0768. The summed E-state index contributed by atoms with van der Waals surface area (Å²) in [6, 6.07) is 10.7. The average molecular weight is 425 g/mol. The fourth-order valence-electron chi connectivity index (χ4n) is 5.43. The third kappa shape index (κ3) is 5.38. The summed E-state index contributed by atoms with van der Waals surface area (Å²) in [5.74, 6) is 0.990. The van der Waals surface area contributed by atoms with Gasteiger partial charge in [-0.05, 0) is 62.8 Å². The number of carbonyl (C=O) groups excluding carboxylic acids is 2. The van der Waals surface area contributed by atoms with Crippen LogP contribution in [0.4, 0.5) is 0 Å². The lowest BCUT2D eigenvalue weighted by molar-refractivity contribution is -0.141. The maximum absolute atomic E-state index is 13.3. The van der Waals surface area contributed by atoms with Crippen LogP contribution in [0.2, 0.25) is 0 Å². The first-order chi connectivity index (χ1) is 15.1. The lowest BCUT2D eigenvalue weighted by Gasteiger charge is -2.41. The largest absolute Gasteiger partial charge is 0.381 e. The Bertz CT molecular complexity index is 777. The highest BCUT2D eigenvalue weighted by molar-refractivity contribution is 5.93. The first-order valence-electron chi connectivity index (χ1n) is 12.0. The van der Waals surface area contributed by atoms with Gasteiger partial charge in [-0.1, -0.05) is 36.4 Å². The zero-order valence-electron chi connectivity index (χ0n) is 18.8. The molecule has 0 radical (unpaired) electrons. The number of allylic oxidation sites excluding steroid dienone is 1. The molecule has 2 aliphatic heterocycles. The van der Waals surface area contributed by atoms with Gasteiger partial charge in [0.05, 0.1) is 0 Å². The van der Waals surface area contributed by atoms with Crippen LogP contribution < -0.4 is 0 Å². The van der Waals surface area contributed by atoms with Crippen molar-refractivity contribution in [1.29, 1.82) is 0 Å². The van der Waals surface area contributed by atoms with Gasteiger partial charge in [0.25, 0.3) is 0 Å². The number of ether oxygens (including phenoxy) is 1. The first-order valence-corrected chi connectivity index (χ1v) is 12.0. The molecule has 1 aromatic carbocycles. The maximum atomic E-state index is 13.3. The number of hydrogen-bond acceptors (Lipinski definition) is 3. The Morgan fingerprint density at radius 2 is 1.81 bits per heavy atom. The fourth-order valence-corrected chi connectivity index (χ4v) is 5.43. The first kappa shape index (κ1) is 22.1. The Hall–Kier alpha value is -2.14. The second-order valence-electron chi connectivity index (χ2n) is 9.34. The zero-order chi connectivity index (χ0) is 21.6. The summed E-state index contributed by atoms with van der Waals surface area (Å²) >= 11 is 0. The number of likely N-dealkylation sites (tertiary alicyclic amines) is 1. The molecule has 0 unspecified atom stereocenters. The van der Waals surface area contributed by atoms with Crippen LogP contribution in [0.1, 0.15) is 50.5 Å². The summed E-state index contributed by atoms with van der Waals surface area (Å²) in [4.78, 5) is 30.2. The maximum Gasteiger partial charge on any atom is 0.249 e. The quantitative estimate of drug-likeness (QED) is 0.697. The van der Waals surface area contributed by atoms with Crippen molar-refractivity contribution in [1.82, 2.24) is 9.80 Å². The molecule has 168 valence electrons. The third-order valence-electron chi connectivity index (χ3n) is 7.39. The molecule has 2 heterocycles. The van der Waals surface area contributed by atoms with Crippen molar-refractivity contribution >= 4 is 11.8 Å². The lowest BCUT2D eigenvalue weighted by Crippen LogP contribution is -2.50. The predicted octanol–water partition coefficient (Wildman–Crippen LogP) is 3.83. The van der Waals surface area contributed by atoms with E-state index in [-0.39, 0.29) is 23.8 Å². The summed E-state index contributed by atoms with van der Waals surface area (Å²) < 4.78 is 5.47. The molecule has 1 atom stereocenters. The third-order valence-corrected chi connectivity index (χ3v) is 7.39. The van der Waals surface area contributed by atoms with E-state index in [1.807, 2.05) is 22.9 Å². The number of amides is 2. The highest BCUT2D eigenvalue weighted by atomic mass is 16.5. The minimum Gasteiger partial charge on any atom is -0.381 e. The van der Waals surface area contributed by atoms with Crippen LogP contribution in [0.3, 0.4) is 0 Å². The van der Waals surface area contributed by atoms with E-state index in [1.165, 1.54) is 5.56 Å². The van der Waals surface area contributed by atoms with Crippen molar-refractivity contribution in [3.8, 4) is 0 Å². The Labute approximate surface area is 186 Å². The topological polar surface area (TPSA) is 49.9 Å². The Balaban J connectivity index is 1.44. The molecule has 1 aromatic rings. The van der Waals surface area contributed by atoms with E-state index < -0.39 is 0 Å². The van der Waals surface area contributed by atoms with E-state index in [4.69, 9.17) is 4.74 Å². The molecule has 2 saturated heterocycles. The average Bonchev–Trinajstić information content (AvgIpc) is 3.38. The van der Waals surface area contributed by atoms with E-state index in [2.05, 4.69) is 30.3 Å². The molecule has 2 fully saturated rings. The van der Waals surface area contributed by atoms with E-state index >= 15 is 0 Å². The summed E-state index contributed by atoms with van der Waals surface area (Å²) in [6.45, 7) is 2.96. The summed E-state index contributed by atoms with van der Waals surface area (Å²) in [6.07, 6.45) is 9.63. The highest BCUT2D eigenvalue weighted by Crippen LogP contribution is 2.30. The number of hydrogen-bond donors (Lipinski definition) is 0. The number of carbonyl (C=O) groups is 2. The second kappa shape index (κ2) is 10.4. The van der Waals surface area contributed by atoms with Gasteiger partial charge in [-0.3, -0.25) is 9.59 Å². The fraction of sp³-hybridized carbons (Fsp3) is 0.615. The number of rotatable bonds is 6. The van der Waals surface area contributed by atoms with Crippen LogP contribution in [0.25, 0.3) is 0 Å². The molecule has 0 saturated carbocycles. The van der Waals surface area contributed by atoms with Gasteiger partial charge in [0, 0.05) is 50.9 Å². The van der Waals surface area contributed by atoms with E-state index in [1.54, 1.807) is 0 Å². The monoisotopic (exact) mass is 424 g/mol. The van der Waals surface area contributed by atoms with Gasteiger partial charge in [-0.2, -0.15) is 0 Å². The molecule has 3 aliphatic rings. The minimum absolute atomic E-state index is 0.0768. The Morgan fingerprint density at radius 1 is 1.10 bits per heavy atom. The van der Waals surface area contributed by atoms with Gasteiger partial charge in [-0.15, -0.1) is 0 Å². The predicted molar refractivity (Wildman–Crippen MR) is 121 cm³/mol. The van der Waals surface area contributed by atoms with Gasteiger partial charge in [0.15, 0.2) is 0 Å². The Kier molecular flexibility index (Phi) is 7.44. The lowest BCUT2D eigenvalue weighted by atomic mass is 9.84. The molecule has 4 rings (SSSR count). The number of piperidine rings is 1. The van der Waals surface area contributed by atoms with Crippen LogP contribution in [-0.2, 0) is 20.7 Å². The van der Waals surface area contributed by atoms with Gasteiger partial charge in [0.1, 0.15) is 0 Å². The highest BCUT2D eigenvalue weighted by Gasteiger charge is 2.35. The van der Waals surface area contributed by atoms with Crippen LogP contribution in [0.5, 0.6) is 0 Å². The van der Waals surface area contributed by atoms with E-state index in [9.17, 15) is 9.59 Å². The second-order valence-corrected chi connectivity index (χ2v) is 9.34. The van der Waals surface area contributed by atoms with Crippen molar-refractivity contribution in [3.63, 3.8) is 0 Å². The zero-order valence-corrected chi connectivity index (χ0v) is 18.8. The molecule has 0 N–H and O–H groups in total. The molecule has 0 spiro atoms. The number of benzene rings is 1. The number of likely N-dealkylation sites (N-methyl/N-ethyl adjacent to an activating group) is 1. The van der Waals surface area contributed by atoms with Crippen molar-refractivity contribution < 1.29 is 14.3 Å². The number of nitrogens with zero attached hydrogens (tertiary/aromatic N) is 2.